The molecule has 0 aromatic rings. The van der Waals surface area contributed by atoms with Crippen LogP contribution in [0.1, 0.15) is 0 Å². The van der Waals surface area contributed by atoms with Gasteiger partial charge in [0, 0.05) is 0 Å². The minimum Gasteiger partial charge on any atom is -0.559 e. The van der Waals surface area contributed by atoms with Gasteiger partial charge in [0.2, 0.25) is 0 Å². The summed E-state index contributed by atoms with van der Waals surface area (Å²) in [7, 11) is -14.1. The number of hydrogen-bond donors (Lipinski definition) is 1. The van der Waals surface area contributed by atoms with Crippen LogP contribution in [0.25, 0.3) is 5.14 Å². The number of halogens is 8. The third-order valence-corrected chi connectivity index (χ3v) is 4.07. The van der Waals surface area contributed by atoms with Crippen molar-refractivity contribution in [1.82, 2.24) is 0 Å². The maximum atomic E-state index is 13.2. The molecule has 0 aliphatic carbocycles. The van der Waals surface area contributed by atoms with Crippen LogP contribution in [-0.2, 0) is 20.0 Å². The van der Waals surface area contributed by atoms with E-state index in [0.717, 1.165) is 0 Å². The fourth-order valence-electron chi connectivity index (χ4n) is 0.874. The van der Waals surface area contributed by atoms with Crippen molar-refractivity contribution in [2.24, 2.45) is 5.14 Å². The largest absolute Gasteiger partial charge is 1.00 e. The van der Waals surface area contributed by atoms with Crippen molar-refractivity contribution in [2.45, 2.75) is 22.4 Å². The zero-order valence-electron chi connectivity index (χ0n) is 9.55. The van der Waals surface area contributed by atoms with Crippen molar-refractivity contribution in [1.29, 1.82) is 0 Å². The van der Waals surface area contributed by atoms with Crippen LogP contribution in [-0.4, -0.2) is 39.2 Å². The van der Waals surface area contributed by atoms with E-state index >= 15 is 0 Å². The van der Waals surface area contributed by atoms with E-state index in [0.29, 0.717) is 0 Å². The summed E-state index contributed by atoms with van der Waals surface area (Å²) in [4.78, 5) is 0. The molecule has 0 heterocycles. The number of hydrogen-bond acceptors (Lipinski definition) is 4. The maximum absolute atomic E-state index is 13.2. The topological polar surface area (TPSA) is 118 Å². The number of rotatable bonds is 4. The van der Waals surface area contributed by atoms with E-state index in [1.807, 2.05) is 0 Å². The Balaban J connectivity index is 0. The van der Waals surface area contributed by atoms with E-state index in [9.17, 15) is 52.0 Å². The van der Waals surface area contributed by atoms with E-state index in [1.165, 1.54) is 0 Å². The maximum Gasteiger partial charge on any atom is 1.00 e. The van der Waals surface area contributed by atoms with Crippen molar-refractivity contribution in [2.75, 3.05) is 0 Å². The minimum absolute atomic E-state index is 0. The molecule has 1 unspecified atom stereocenters. The molecule has 0 rings (SSSR count). The molecule has 0 amide bonds. The SMILES string of the molecule is [Li+].[NH-]S(=O)(=O)C(F)(F)C(F)(F)C(F)(C(F)(F)F)S(N)(=O)=O. The van der Waals surface area contributed by atoms with E-state index in [2.05, 4.69) is 5.14 Å². The zero-order valence-corrected chi connectivity index (χ0v) is 11.2. The van der Waals surface area contributed by atoms with Crippen LogP contribution in [0.2, 0.25) is 0 Å². The van der Waals surface area contributed by atoms with Gasteiger partial charge in [-0.25, -0.2) is 26.4 Å². The van der Waals surface area contributed by atoms with Gasteiger partial charge in [0.05, 0.1) is 0 Å². The molecular weight excluding hydrogens is 363 g/mol. The van der Waals surface area contributed by atoms with E-state index in [1.54, 1.807) is 0 Å². The van der Waals surface area contributed by atoms with Crippen LogP contribution in [0.4, 0.5) is 35.1 Å². The molecule has 17 heteroatoms. The zero-order chi connectivity index (χ0) is 17.0. The molecule has 0 fully saturated rings. The molecule has 3 N–H and O–H groups in total. The Kier molecular flexibility index (Phi) is 6.05. The second-order valence-electron chi connectivity index (χ2n) is 3.23. The molecule has 1 atom stereocenters. The molecule has 0 saturated heterocycles. The molecule has 6 nitrogen and oxygen atoms in total. The molecule has 0 aliphatic rings. The summed E-state index contributed by atoms with van der Waals surface area (Å²) in [6.07, 6.45) is -7.21. The summed E-state index contributed by atoms with van der Waals surface area (Å²) < 4.78 is 142. The molecule has 122 valence electrons. The Bertz CT molecular complexity index is 600. The van der Waals surface area contributed by atoms with Crippen molar-refractivity contribution < 1.29 is 70.8 Å². The van der Waals surface area contributed by atoms with Gasteiger partial charge >= 0.3 is 41.2 Å². The van der Waals surface area contributed by atoms with E-state index < -0.39 is 42.4 Å². The number of primary sulfonamides is 1. The first kappa shape index (κ1) is 23.1. The van der Waals surface area contributed by atoms with Crippen LogP contribution in [0.3, 0.4) is 0 Å². The quantitative estimate of drug-likeness (QED) is 0.463. The van der Waals surface area contributed by atoms with Gasteiger partial charge in [-0.15, -0.1) is 0 Å². The number of alkyl halides is 8. The molecule has 0 saturated carbocycles. The first-order valence-corrected chi connectivity index (χ1v) is 6.81. The van der Waals surface area contributed by atoms with E-state index in [4.69, 9.17) is 5.14 Å². The van der Waals surface area contributed by atoms with Gasteiger partial charge in [-0.2, -0.15) is 30.7 Å². The summed E-state index contributed by atoms with van der Waals surface area (Å²) in [6, 6.07) is 0. The predicted octanol–water partition coefficient (Wildman–Crippen LogP) is -1.88. The first-order valence-electron chi connectivity index (χ1n) is 3.78. The van der Waals surface area contributed by atoms with Gasteiger partial charge in [-0.05, 0) is 0 Å². The van der Waals surface area contributed by atoms with Gasteiger partial charge in [-0.1, -0.05) is 0 Å². The van der Waals surface area contributed by atoms with Gasteiger partial charge < -0.3 is 5.14 Å². The number of nitrogens with one attached hydrogen (secondary N) is 1. The van der Waals surface area contributed by atoms with Gasteiger partial charge in [0.25, 0.3) is 10.0 Å². The summed E-state index contributed by atoms with van der Waals surface area (Å²) in [5.41, 5.74) is 0. The molecule has 0 aromatic heterocycles. The van der Waals surface area contributed by atoms with Crippen LogP contribution in [0.15, 0.2) is 0 Å². The Morgan fingerprint density at radius 1 is 0.810 bits per heavy atom. The molecule has 0 bridgehead atoms. The predicted molar refractivity (Wildman–Crippen MR) is 46.1 cm³/mol. The third-order valence-electron chi connectivity index (χ3n) is 1.86. The van der Waals surface area contributed by atoms with Crippen LogP contribution in [0.5, 0.6) is 0 Å². The average Bonchev–Trinajstić information content (AvgIpc) is 2.10. The summed E-state index contributed by atoms with van der Waals surface area (Å²) >= 11 is 0. The average molecular weight is 366 g/mol. The van der Waals surface area contributed by atoms with Gasteiger partial charge in [-0.3, -0.25) is 0 Å². The second kappa shape index (κ2) is 5.49. The normalized spacial score (nSPS) is 17.8. The van der Waals surface area contributed by atoms with Crippen LogP contribution >= 0.6 is 0 Å². The monoisotopic (exact) mass is 366 g/mol. The Morgan fingerprint density at radius 2 is 1.10 bits per heavy atom. The first-order chi connectivity index (χ1) is 8.25. The third kappa shape index (κ3) is 3.15. The smallest absolute Gasteiger partial charge is 0.559 e. The summed E-state index contributed by atoms with van der Waals surface area (Å²) in [5, 5.41) is -4.95. The Morgan fingerprint density at radius 3 is 1.24 bits per heavy atom. The number of sulfonamides is 2. The second-order valence-corrected chi connectivity index (χ2v) is 6.40. The molecule has 0 radical (unpaired) electrons. The molecule has 0 spiro atoms. The van der Waals surface area contributed by atoms with Gasteiger partial charge in [0.1, 0.15) is 10.0 Å². The summed E-state index contributed by atoms with van der Waals surface area (Å²) in [5.74, 6) is -7.41. The van der Waals surface area contributed by atoms with Crippen molar-refractivity contribution in [3.8, 4) is 0 Å². The Hall–Kier alpha value is -0.143. The minimum atomic E-state index is -7.41. The summed E-state index contributed by atoms with van der Waals surface area (Å²) in [6.45, 7) is 0. The van der Waals surface area contributed by atoms with E-state index in [-0.39, 0.29) is 18.9 Å². The van der Waals surface area contributed by atoms with Crippen LogP contribution in [0, 0.1) is 0 Å². The molecule has 21 heavy (non-hydrogen) atoms. The van der Waals surface area contributed by atoms with Crippen molar-refractivity contribution >= 4 is 20.0 Å². The standard InChI is InChI=1S/C4H3F8N2O4S2.Li/c5-1(6,4(11,12)20(14,17)18)2(7,3(8,9)10)19(13,15)16;/h(H3-,13,14,15,16,17,18);/q-1;+1. The molecule has 0 aliphatic heterocycles. The fourth-order valence-corrected chi connectivity index (χ4v) is 2.22. The molecule has 0 aromatic carbocycles. The Labute approximate surface area is 124 Å². The fraction of sp³-hybridized carbons (Fsp3) is 1.00. The molecular formula is C4H3F8LiN2O4S2. The number of nitrogens with two attached hydrogens (primary N) is 1. The van der Waals surface area contributed by atoms with Crippen molar-refractivity contribution in [3.63, 3.8) is 0 Å². The van der Waals surface area contributed by atoms with Crippen LogP contribution < -0.4 is 24.0 Å². The van der Waals surface area contributed by atoms with Crippen molar-refractivity contribution in [3.05, 3.63) is 5.14 Å². The van der Waals surface area contributed by atoms with Gasteiger partial charge in [0.15, 0.2) is 0 Å².